The van der Waals surface area contributed by atoms with Crippen molar-refractivity contribution in [1.29, 1.82) is 0 Å². The summed E-state index contributed by atoms with van der Waals surface area (Å²) in [6.07, 6.45) is 0. The smallest absolute Gasteiger partial charge is 0.323 e. The first-order valence-corrected chi connectivity index (χ1v) is 9.28. The lowest BCUT2D eigenvalue weighted by atomic mass is 10.3. The van der Waals surface area contributed by atoms with Crippen molar-refractivity contribution in [3.05, 3.63) is 0 Å². The molecule has 0 bridgehead atoms. The number of esters is 1. The molecule has 1 aliphatic rings. The highest BCUT2D eigenvalue weighted by Crippen LogP contribution is 2.14. The molecule has 7 heteroatoms. The predicted octanol–water partition coefficient (Wildman–Crippen LogP) is 1.67. The van der Waals surface area contributed by atoms with Gasteiger partial charge in [-0.05, 0) is 13.8 Å². The molecule has 1 saturated heterocycles. The van der Waals surface area contributed by atoms with Gasteiger partial charge in [0.1, 0.15) is 6.04 Å². The van der Waals surface area contributed by atoms with E-state index in [1.807, 2.05) is 13.8 Å². The summed E-state index contributed by atoms with van der Waals surface area (Å²) in [6.45, 7) is 6.94. The number of rotatable bonds is 3. The molecule has 1 rings (SSSR count). The molecular weight excluding hydrogens is 298 g/mol. The summed E-state index contributed by atoms with van der Waals surface area (Å²) in [6, 6.07) is -0.207. The zero-order valence-corrected chi connectivity index (χ0v) is 14.0. The maximum Gasteiger partial charge on any atom is 0.323 e. The fraction of sp³-hybridized carbons (Fsp3) is 0.923. The molecule has 1 unspecified atom stereocenters. The molecule has 0 N–H and O–H groups in total. The Morgan fingerprint density at radius 2 is 1.70 bits per heavy atom. The summed E-state index contributed by atoms with van der Waals surface area (Å²) >= 11 is 3.57. The van der Waals surface area contributed by atoms with Crippen molar-refractivity contribution in [2.24, 2.45) is 0 Å². The van der Waals surface area contributed by atoms with Crippen molar-refractivity contribution in [3.63, 3.8) is 0 Å². The second-order valence-corrected chi connectivity index (χ2v) is 6.47. The van der Waals surface area contributed by atoms with Gasteiger partial charge in [-0.15, -0.1) is 23.5 Å². The largest absolute Gasteiger partial charge is 0.465 e. The van der Waals surface area contributed by atoms with E-state index in [4.69, 9.17) is 14.2 Å². The minimum Gasteiger partial charge on any atom is -0.465 e. The fourth-order valence-electron chi connectivity index (χ4n) is 1.59. The van der Waals surface area contributed by atoms with E-state index in [9.17, 15) is 4.79 Å². The number of thioether (sulfide) groups is 2. The van der Waals surface area contributed by atoms with E-state index in [0.29, 0.717) is 19.8 Å². The van der Waals surface area contributed by atoms with Crippen LogP contribution in [0, 0.1) is 0 Å². The summed E-state index contributed by atoms with van der Waals surface area (Å²) in [5, 5.41) is 0. The first kappa shape index (κ1) is 18.1. The van der Waals surface area contributed by atoms with Crippen LogP contribution in [-0.4, -0.2) is 73.2 Å². The van der Waals surface area contributed by atoms with Gasteiger partial charge in [-0.1, -0.05) is 0 Å². The first-order chi connectivity index (χ1) is 9.75. The zero-order valence-electron chi connectivity index (χ0n) is 12.3. The monoisotopic (exact) mass is 323 g/mol. The Bertz CT molecular complexity index is 255. The lowest BCUT2D eigenvalue weighted by Crippen LogP contribution is -2.40. The molecule has 0 radical (unpaired) electrons. The highest BCUT2D eigenvalue weighted by Gasteiger charge is 2.22. The molecule has 0 saturated carbocycles. The van der Waals surface area contributed by atoms with Crippen LogP contribution in [0.3, 0.4) is 0 Å². The molecular formula is C13H25NO4S2. The Hall–Kier alpha value is 0.0500. The van der Waals surface area contributed by atoms with Crippen molar-refractivity contribution in [2.75, 3.05) is 56.3 Å². The van der Waals surface area contributed by atoms with Gasteiger partial charge in [0, 0.05) is 23.3 Å². The van der Waals surface area contributed by atoms with Crippen LogP contribution in [-0.2, 0) is 19.0 Å². The van der Waals surface area contributed by atoms with Gasteiger partial charge in [-0.2, -0.15) is 0 Å². The highest BCUT2D eigenvalue weighted by atomic mass is 32.2. The number of carbonyl (C=O) groups is 1. The topological polar surface area (TPSA) is 48.0 Å². The third-order valence-corrected chi connectivity index (χ3v) is 4.74. The van der Waals surface area contributed by atoms with Crippen molar-refractivity contribution >= 4 is 29.5 Å². The van der Waals surface area contributed by atoms with Crippen LogP contribution in [0.4, 0.5) is 0 Å². The van der Waals surface area contributed by atoms with Gasteiger partial charge in [0.25, 0.3) is 0 Å². The van der Waals surface area contributed by atoms with E-state index in [2.05, 4.69) is 4.90 Å². The normalized spacial score (nSPS) is 22.1. The summed E-state index contributed by atoms with van der Waals surface area (Å²) in [5.41, 5.74) is 0. The maximum absolute atomic E-state index is 11.8. The molecule has 1 atom stereocenters. The molecule has 0 aliphatic carbocycles. The van der Waals surface area contributed by atoms with Crippen molar-refractivity contribution in [3.8, 4) is 0 Å². The Kier molecular flexibility index (Phi) is 10.6. The predicted molar refractivity (Wildman–Crippen MR) is 84.2 cm³/mol. The molecule has 1 heterocycles. The SMILES string of the molecule is CCOC(=O)C(C)N1CSCCOCCOCCSC1. The van der Waals surface area contributed by atoms with E-state index in [0.717, 1.165) is 36.5 Å². The summed E-state index contributed by atoms with van der Waals surface area (Å²) in [4.78, 5) is 14.0. The summed E-state index contributed by atoms with van der Waals surface area (Å²) in [7, 11) is 0. The summed E-state index contributed by atoms with van der Waals surface area (Å²) < 4.78 is 16.0. The van der Waals surface area contributed by atoms with E-state index in [-0.39, 0.29) is 12.0 Å². The van der Waals surface area contributed by atoms with E-state index < -0.39 is 0 Å². The van der Waals surface area contributed by atoms with E-state index >= 15 is 0 Å². The standard InChI is InChI=1S/C13H25NO4S2/c1-3-18-13(15)12(2)14-10-19-8-6-16-4-5-17-7-9-20-11-14/h12H,3-11H2,1-2H3. The van der Waals surface area contributed by atoms with Crippen LogP contribution < -0.4 is 0 Å². The Labute approximate surface area is 130 Å². The minimum absolute atomic E-state index is 0.148. The third kappa shape index (κ3) is 7.73. The number of hydrogen-bond acceptors (Lipinski definition) is 7. The fourth-order valence-corrected chi connectivity index (χ4v) is 3.54. The van der Waals surface area contributed by atoms with Gasteiger partial charge in [0.15, 0.2) is 0 Å². The zero-order chi connectivity index (χ0) is 14.6. The highest BCUT2D eigenvalue weighted by molar-refractivity contribution is 8.00. The van der Waals surface area contributed by atoms with Crippen molar-refractivity contribution in [2.45, 2.75) is 19.9 Å². The average Bonchev–Trinajstić information content (AvgIpc) is 2.47. The number of hydrogen-bond donors (Lipinski definition) is 0. The maximum atomic E-state index is 11.8. The van der Waals surface area contributed by atoms with Gasteiger partial charge in [0.05, 0.1) is 33.0 Å². The quantitative estimate of drug-likeness (QED) is 0.732. The van der Waals surface area contributed by atoms with Crippen molar-refractivity contribution in [1.82, 2.24) is 4.90 Å². The van der Waals surface area contributed by atoms with E-state index in [1.165, 1.54) is 0 Å². The van der Waals surface area contributed by atoms with Gasteiger partial charge in [-0.3, -0.25) is 9.69 Å². The second kappa shape index (κ2) is 11.7. The summed E-state index contributed by atoms with van der Waals surface area (Å²) in [5.74, 6) is 3.34. The van der Waals surface area contributed by atoms with Crippen LogP contribution in [0.5, 0.6) is 0 Å². The molecule has 1 fully saturated rings. The molecule has 20 heavy (non-hydrogen) atoms. The van der Waals surface area contributed by atoms with Gasteiger partial charge in [-0.25, -0.2) is 0 Å². The van der Waals surface area contributed by atoms with Gasteiger partial charge >= 0.3 is 5.97 Å². The van der Waals surface area contributed by atoms with E-state index in [1.54, 1.807) is 23.5 Å². The van der Waals surface area contributed by atoms with Crippen LogP contribution in [0.2, 0.25) is 0 Å². The number of carbonyl (C=O) groups excluding carboxylic acids is 1. The first-order valence-electron chi connectivity index (χ1n) is 6.97. The molecule has 0 aromatic carbocycles. The molecule has 118 valence electrons. The third-order valence-electron chi connectivity index (χ3n) is 2.81. The van der Waals surface area contributed by atoms with Crippen LogP contribution in [0.1, 0.15) is 13.8 Å². The lowest BCUT2D eigenvalue weighted by Gasteiger charge is -2.26. The Morgan fingerprint density at radius 3 is 2.20 bits per heavy atom. The minimum atomic E-state index is -0.207. The van der Waals surface area contributed by atoms with Gasteiger partial charge < -0.3 is 14.2 Å². The molecule has 0 aromatic rings. The number of nitrogens with zero attached hydrogens (tertiary/aromatic N) is 1. The molecule has 0 aromatic heterocycles. The van der Waals surface area contributed by atoms with Crippen LogP contribution in [0.25, 0.3) is 0 Å². The Morgan fingerprint density at radius 1 is 1.15 bits per heavy atom. The van der Waals surface area contributed by atoms with Gasteiger partial charge in [0.2, 0.25) is 0 Å². The number of ether oxygens (including phenoxy) is 3. The lowest BCUT2D eigenvalue weighted by molar-refractivity contribution is -0.148. The molecule has 0 spiro atoms. The molecule has 1 aliphatic heterocycles. The van der Waals surface area contributed by atoms with Crippen LogP contribution >= 0.6 is 23.5 Å². The second-order valence-electron chi connectivity index (χ2n) is 4.32. The molecule has 0 amide bonds. The van der Waals surface area contributed by atoms with Crippen molar-refractivity contribution < 1.29 is 19.0 Å². The van der Waals surface area contributed by atoms with Crippen LogP contribution in [0.15, 0.2) is 0 Å². The molecule has 5 nitrogen and oxygen atoms in total. The Balaban J connectivity index is 2.44. The average molecular weight is 323 g/mol.